The van der Waals surface area contributed by atoms with Crippen LogP contribution in [0.15, 0.2) is 18.2 Å². The summed E-state index contributed by atoms with van der Waals surface area (Å²) in [5, 5.41) is 2.77. The Morgan fingerprint density at radius 3 is 2.13 bits per heavy atom. The summed E-state index contributed by atoms with van der Waals surface area (Å²) in [6, 6.07) is 4.49. The number of hydrogen-bond acceptors (Lipinski definition) is 5. The number of anilines is 1. The molecule has 30 heavy (non-hydrogen) atoms. The molecule has 0 aliphatic carbocycles. The van der Waals surface area contributed by atoms with Crippen molar-refractivity contribution in [3.63, 3.8) is 0 Å². The summed E-state index contributed by atoms with van der Waals surface area (Å²) in [5.74, 6) is -1.69. The van der Waals surface area contributed by atoms with Crippen molar-refractivity contribution in [1.82, 2.24) is 0 Å². The maximum atomic E-state index is 12.2. The molecule has 0 aromatic heterocycles. The van der Waals surface area contributed by atoms with E-state index in [1.54, 1.807) is 6.07 Å². The van der Waals surface area contributed by atoms with E-state index in [4.69, 9.17) is 16.3 Å². The molecule has 6 nitrogen and oxygen atoms in total. The third-order valence-electron chi connectivity index (χ3n) is 4.74. The second-order valence-electron chi connectivity index (χ2n) is 7.31. The van der Waals surface area contributed by atoms with E-state index in [0.29, 0.717) is 12.2 Å². The molecule has 1 rings (SSSR count). The van der Waals surface area contributed by atoms with E-state index in [9.17, 15) is 14.4 Å². The number of unbranched alkanes of at least 4 members (excludes halogenated alkanes) is 9. The van der Waals surface area contributed by atoms with Gasteiger partial charge >= 0.3 is 11.9 Å². The molecule has 1 aromatic carbocycles. The fraction of sp³-hybridized carbons (Fsp3) is 0.609. The first-order chi connectivity index (χ1) is 14.5. The Hall–Kier alpha value is -2.08. The van der Waals surface area contributed by atoms with E-state index < -0.39 is 24.3 Å². The zero-order valence-corrected chi connectivity index (χ0v) is 18.9. The van der Waals surface area contributed by atoms with Crippen molar-refractivity contribution in [2.24, 2.45) is 0 Å². The average molecular weight is 440 g/mol. The molecule has 7 heteroatoms. The maximum Gasteiger partial charge on any atom is 0.338 e. The number of ether oxygens (including phenoxy) is 2. The summed E-state index contributed by atoms with van der Waals surface area (Å²) in [5.41, 5.74) is 0.541. The Morgan fingerprint density at radius 1 is 0.933 bits per heavy atom. The Kier molecular flexibility index (Phi) is 13.6. The second-order valence-corrected chi connectivity index (χ2v) is 7.72. The van der Waals surface area contributed by atoms with Crippen LogP contribution in [-0.4, -0.2) is 31.6 Å². The Balaban J connectivity index is 2.29. The van der Waals surface area contributed by atoms with Gasteiger partial charge in [-0.3, -0.25) is 9.59 Å². The molecule has 0 aliphatic rings. The Bertz CT molecular complexity index is 678. The molecular weight excluding hydrogens is 406 g/mol. The van der Waals surface area contributed by atoms with Gasteiger partial charge in [-0.15, -0.1) is 0 Å². The molecule has 0 saturated carbocycles. The van der Waals surface area contributed by atoms with E-state index in [2.05, 4.69) is 17.0 Å². The molecule has 1 amide bonds. The van der Waals surface area contributed by atoms with E-state index in [1.165, 1.54) is 64.2 Å². The van der Waals surface area contributed by atoms with Crippen LogP contribution in [-0.2, 0) is 19.1 Å². The minimum absolute atomic E-state index is 0.249. The average Bonchev–Trinajstić information content (AvgIpc) is 2.73. The Morgan fingerprint density at radius 2 is 1.53 bits per heavy atom. The van der Waals surface area contributed by atoms with Crippen LogP contribution >= 0.6 is 11.6 Å². The number of benzene rings is 1. The number of nitrogens with one attached hydrogen (secondary N) is 1. The number of hydrogen-bond donors (Lipinski definition) is 1. The molecule has 168 valence electrons. The van der Waals surface area contributed by atoms with Crippen molar-refractivity contribution in [3.05, 3.63) is 28.8 Å². The molecule has 0 heterocycles. The first kappa shape index (κ1) is 26.0. The fourth-order valence-corrected chi connectivity index (χ4v) is 3.15. The van der Waals surface area contributed by atoms with Crippen LogP contribution in [0.4, 0.5) is 5.69 Å². The minimum atomic E-state index is -0.657. The molecule has 0 atom stereocenters. The first-order valence-corrected chi connectivity index (χ1v) is 11.2. The van der Waals surface area contributed by atoms with Crippen molar-refractivity contribution in [3.8, 4) is 0 Å². The lowest BCUT2D eigenvalue weighted by molar-refractivity contribution is -0.142. The number of methoxy groups -OCH3 is 1. The topological polar surface area (TPSA) is 81.7 Å². The van der Waals surface area contributed by atoms with Crippen LogP contribution in [0.3, 0.4) is 0 Å². The summed E-state index contributed by atoms with van der Waals surface area (Å²) >= 11 is 6.05. The van der Waals surface area contributed by atoms with Gasteiger partial charge in [-0.05, 0) is 24.6 Å². The van der Waals surface area contributed by atoms with Gasteiger partial charge in [0.15, 0.2) is 0 Å². The van der Waals surface area contributed by atoms with Crippen molar-refractivity contribution in [2.75, 3.05) is 19.0 Å². The predicted molar refractivity (Wildman–Crippen MR) is 119 cm³/mol. The maximum absolute atomic E-state index is 12.2. The van der Waals surface area contributed by atoms with Crippen molar-refractivity contribution < 1.29 is 23.9 Å². The summed E-state index contributed by atoms with van der Waals surface area (Å²) < 4.78 is 9.76. The van der Waals surface area contributed by atoms with Gasteiger partial charge in [-0.25, -0.2) is 4.79 Å². The zero-order chi connectivity index (χ0) is 22.2. The molecule has 1 aromatic rings. The van der Waals surface area contributed by atoms with Crippen LogP contribution in [0.25, 0.3) is 0 Å². The molecule has 0 aliphatic heterocycles. The summed E-state index contributed by atoms with van der Waals surface area (Å²) in [6.45, 7) is 2.59. The highest BCUT2D eigenvalue weighted by atomic mass is 35.5. The Labute approximate surface area is 184 Å². The normalized spacial score (nSPS) is 10.5. The van der Waals surface area contributed by atoms with Gasteiger partial charge in [-0.2, -0.15) is 0 Å². The summed E-state index contributed by atoms with van der Waals surface area (Å²) in [4.78, 5) is 35.2. The first-order valence-electron chi connectivity index (χ1n) is 10.8. The van der Waals surface area contributed by atoms with Gasteiger partial charge < -0.3 is 14.8 Å². The SMILES string of the molecule is CCCCCCCCCCCCOC(=O)c1ccc(Cl)c(NC(=O)CC(=O)OC)c1. The second kappa shape index (κ2) is 15.7. The molecule has 0 saturated heterocycles. The van der Waals surface area contributed by atoms with Gasteiger partial charge in [0, 0.05) is 0 Å². The molecule has 0 fully saturated rings. The van der Waals surface area contributed by atoms with E-state index >= 15 is 0 Å². The molecule has 0 bridgehead atoms. The number of amides is 1. The largest absolute Gasteiger partial charge is 0.469 e. The van der Waals surface area contributed by atoms with Crippen LogP contribution in [0.1, 0.15) is 87.9 Å². The van der Waals surface area contributed by atoms with Crippen molar-refractivity contribution in [2.45, 2.75) is 77.6 Å². The molecule has 0 spiro atoms. The highest BCUT2D eigenvalue weighted by Crippen LogP contribution is 2.24. The van der Waals surface area contributed by atoms with Gasteiger partial charge in [0.05, 0.1) is 30.0 Å². The number of esters is 2. The highest BCUT2D eigenvalue weighted by molar-refractivity contribution is 6.34. The predicted octanol–water partition coefficient (Wildman–Crippen LogP) is 5.92. The van der Waals surface area contributed by atoms with E-state index in [1.807, 2.05) is 0 Å². The number of carbonyl (C=O) groups excluding carboxylic acids is 3. The molecule has 0 radical (unpaired) electrons. The zero-order valence-electron chi connectivity index (χ0n) is 18.1. The van der Waals surface area contributed by atoms with Crippen LogP contribution < -0.4 is 5.32 Å². The number of rotatable bonds is 15. The molecule has 0 unspecified atom stereocenters. The summed E-state index contributed by atoms with van der Waals surface area (Å²) in [7, 11) is 1.20. The lowest BCUT2D eigenvalue weighted by Gasteiger charge is -2.09. The fourth-order valence-electron chi connectivity index (χ4n) is 2.98. The van der Waals surface area contributed by atoms with Gasteiger partial charge in [0.2, 0.25) is 5.91 Å². The monoisotopic (exact) mass is 439 g/mol. The lowest BCUT2D eigenvalue weighted by Crippen LogP contribution is -2.18. The van der Waals surface area contributed by atoms with Crippen molar-refractivity contribution >= 4 is 35.1 Å². The summed E-state index contributed by atoms with van der Waals surface area (Å²) in [6.07, 6.45) is 11.7. The van der Waals surface area contributed by atoms with Crippen LogP contribution in [0.2, 0.25) is 5.02 Å². The quantitative estimate of drug-likeness (QED) is 0.208. The number of carbonyl (C=O) groups is 3. The lowest BCUT2D eigenvalue weighted by atomic mass is 10.1. The molecule has 1 N–H and O–H groups in total. The van der Waals surface area contributed by atoms with Gasteiger partial charge in [-0.1, -0.05) is 76.3 Å². The van der Waals surface area contributed by atoms with E-state index in [0.717, 1.165) is 19.3 Å². The van der Waals surface area contributed by atoms with Crippen LogP contribution in [0.5, 0.6) is 0 Å². The number of halogens is 1. The minimum Gasteiger partial charge on any atom is -0.469 e. The van der Waals surface area contributed by atoms with E-state index in [-0.39, 0.29) is 10.7 Å². The molecular formula is C23H34ClNO5. The third-order valence-corrected chi connectivity index (χ3v) is 5.07. The smallest absolute Gasteiger partial charge is 0.338 e. The standard InChI is InChI=1S/C23H34ClNO5/c1-3-4-5-6-7-8-9-10-11-12-15-30-23(28)18-13-14-19(24)20(16-18)25-21(26)17-22(27)29-2/h13-14,16H,3-12,15,17H2,1-2H3,(H,25,26). The van der Waals surface area contributed by atoms with Gasteiger partial charge in [0.25, 0.3) is 0 Å². The highest BCUT2D eigenvalue weighted by Gasteiger charge is 2.14. The van der Waals surface area contributed by atoms with Crippen molar-refractivity contribution in [1.29, 1.82) is 0 Å². The third kappa shape index (κ3) is 11.2. The van der Waals surface area contributed by atoms with Gasteiger partial charge in [0.1, 0.15) is 6.42 Å². The van der Waals surface area contributed by atoms with Crippen LogP contribution in [0, 0.1) is 0 Å².